The molecule has 1 rings (SSSR count). The minimum absolute atomic E-state index is 0.437. The molecule has 3 unspecified atom stereocenters. The lowest BCUT2D eigenvalue weighted by Gasteiger charge is -2.24. The Balaban J connectivity index is 2.52. The topological polar surface area (TPSA) is 58.3 Å². The molecule has 3 atom stereocenters. The van der Waals surface area contributed by atoms with Crippen LogP contribution in [-0.4, -0.2) is 24.4 Å². The molecule has 0 spiro atoms. The molecule has 1 aliphatic rings. The van der Waals surface area contributed by atoms with E-state index in [4.69, 9.17) is 5.73 Å². The van der Waals surface area contributed by atoms with Gasteiger partial charge in [-0.15, -0.1) is 0 Å². The molecule has 4 N–H and O–H groups in total. The van der Waals surface area contributed by atoms with Crippen molar-refractivity contribution in [2.75, 3.05) is 13.1 Å². The second-order valence-corrected chi connectivity index (χ2v) is 3.80. The Morgan fingerprint density at radius 2 is 2.36 bits per heavy atom. The Labute approximate surface area is 85.7 Å². The molecule has 3 nitrogen and oxygen atoms in total. The van der Waals surface area contributed by atoms with Gasteiger partial charge in [0.25, 0.3) is 0 Å². The van der Waals surface area contributed by atoms with Crippen molar-refractivity contribution < 1.29 is 5.11 Å². The summed E-state index contributed by atoms with van der Waals surface area (Å²) < 4.78 is 0. The zero-order chi connectivity index (χ0) is 10.6. The van der Waals surface area contributed by atoms with Crippen LogP contribution in [0.1, 0.15) is 13.8 Å². The first-order chi connectivity index (χ1) is 6.65. The van der Waals surface area contributed by atoms with Crippen molar-refractivity contribution in [1.29, 1.82) is 0 Å². The molecule has 0 aromatic carbocycles. The van der Waals surface area contributed by atoms with Crippen LogP contribution in [0, 0.1) is 11.8 Å². The smallest absolute Gasteiger partial charge is 0.128 e. The normalized spacial score (nSPS) is 28.7. The van der Waals surface area contributed by atoms with E-state index < -0.39 is 6.23 Å². The number of hydrogen-bond acceptors (Lipinski definition) is 3. The van der Waals surface area contributed by atoms with E-state index >= 15 is 0 Å². The molecule has 0 fully saturated rings. The third-order valence-electron chi connectivity index (χ3n) is 2.64. The number of allylic oxidation sites excluding steroid dienone is 1. The molecule has 0 bridgehead atoms. The van der Waals surface area contributed by atoms with Gasteiger partial charge in [0.2, 0.25) is 0 Å². The maximum atomic E-state index is 9.20. The standard InChI is InChI=1S/C11H20N2O/c1-3-13-7-10-5-4-9(11(12)14)6-8(10)2/h4-6,8,10-11,13-14H,3,7,12H2,1-2H3. The average molecular weight is 196 g/mol. The van der Waals surface area contributed by atoms with E-state index in [0.717, 1.165) is 18.7 Å². The van der Waals surface area contributed by atoms with Crippen LogP contribution in [0.15, 0.2) is 23.8 Å². The number of nitrogens with two attached hydrogens (primary N) is 1. The highest BCUT2D eigenvalue weighted by Gasteiger charge is 2.17. The molecule has 0 aromatic rings. The fourth-order valence-electron chi connectivity index (χ4n) is 1.65. The van der Waals surface area contributed by atoms with Crippen LogP contribution in [0.25, 0.3) is 0 Å². The molecular formula is C11H20N2O. The predicted octanol–water partition coefficient (Wildman–Crippen LogP) is 0.621. The van der Waals surface area contributed by atoms with E-state index in [0.29, 0.717) is 11.8 Å². The largest absolute Gasteiger partial charge is 0.375 e. The van der Waals surface area contributed by atoms with Crippen molar-refractivity contribution in [3.05, 3.63) is 23.8 Å². The van der Waals surface area contributed by atoms with Gasteiger partial charge in [0.15, 0.2) is 0 Å². The van der Waals surface area contributed by atoms with Crippen molar-refractivity contribution in [3.63, 3.8) is 0 Å². The van der Waals surface area contributed by atoms with E-state index in [-0.39, 0.29) is 0 Å². The predicted molar refractivity (Wildman–Crippen MR) is 58.6 cm³/mol. The molecular weight excluding hydrogens is 176 g/mol. The summed E-state index contributed by atoms with van der Waals surface area (Å²) >= 11 is 0. The number of aliphatic hydroxyl groups is 1. The summed E-state index contributed by atoms with van der Waals surface area (Å²) in [7, 11) is 0. The van der Waals surface area contributed by atoms with Crippen LogP contribution in [0.4, 0.5) is 0 Å². The summed E-state index contributed by atoms with van der Waals surface area (Å²) in [5.74, 6) is 0.949. The van der Waals surface area contributed by atoms with E-state index in [1.54, 1.807) is 0 Å². The van der Waals surface area contributed by atoms with E-state index in [9.17, 15) is 5.11 Å². The number of aliphatic hydroxyl groups excluding tert-OH is 1. The van der Waals surface area contributed by atoms with Gasteiger partial charge in [-0.05, 0) is 24.0 Å². The highest BCUT2D eigenvalue weighted by atomic mass is 16.3. The molecule has 0 saturated heterocycles. The Morgan fingerprint density at radius 3 is 2.86 bits per heavy atom. The van der Waals surface area contributed by atoms with E-state index in [2.05, 4.69) is 25.2 Å². The van der Waals surface area contributed by atoms with Crippen molar-refractivity contribution in [2.45, 2.75) is 20.1 Å². The second kappa shape index (κ2) is 5.29. The Morgan fingerprint density at radius 1 is 1.64 bits per heavy atom. The Bertz CT molecular complexity index is 233. The fraction of sp³-hybridized carbons (Fsp3) is 0.636. The van der Waals surface area contributed by atoms with E-state index in [1.165, 1.54) is 0 Å². The third-order valence-corrected chi connectivity index (χ3v) is 2.64. The maximum absolute atomic E-state index is 9.20. The molecule has 1 aliphatic carbocycles. The number of nitrogens with one attached hydrogen (secondary N) is 1. The number of rotatable bonds is 4. The molecule has 3 heteroatoms. The molecule has 0 aliphatic heterocycles. The summed E-state index contributed by atoms with van der Waals surface area (Å²) in [6.45, 7) is 6.22. The monoisotopic (exact) mass is 196 g/mol. The second-order valence-electron chi connectivity index (χ2n) is 3.80. The summed E-state index contributed by atoms with van der Waals surface area (Å²) in [5, 5.41) is 12.5. The first kappa shape index (κ1) is 11.4. The third kappa shape index (κ3) is 2.94. The lowest BCUT2D eigenvalue weighted by molar-refractivity contribution is 0.220. The van der Waals surface area contributed by atoms with Crippen molar-refractivity contribution >= 4 is 0 Å². The van der Waals surface area contributed by atoms with Gasteiger partial charge in [-0.2, -0.15) is 0 Å². The summed E-state index contributed by atoms with van der Waals surface area (Å²) in [6, 6.07) is 0. The molecule has 80 valence electrons. The maximum Gasteiger partial charge on any atom is 0.128 e. The number of hydrogen-bond donors (Lipinski definition) is 3. The zero-order valence-corrected chi connectivity index (χ0v) is 8.90. The SMILES string of the molecule is CCNCC1C=CC(C(N)O)=CC1C. The average Bonchev–Trinajstić information content (AvgIpc) is 2.15. The highest BCUT2D eigenvalue weighted by Crippen LogP contribution is 2.22. The van der Waals surface area contributed by atoms with Gasteiger partial charge in [-0.25, -0.2) is 0 Å². The molecule has 0 heterocycles. The molecule has 0 amide bonds. The van der Waals surface area contributed by atoms with Gasteiger partial charge in [-0.3, -0.25) is 0 Å². The molecule has 0 saturated carbocycles. The van der Waals surface area contributed by atoms with Crippen LogP contribution < -0.4 is 11.1 Å². The fourth-order valence-corrected chi connectivity index (χ4v) is 1.65. The summed E-state index contributed by atoms with van der Waals surface area (Å²) in [5.41, 5.74) is 6.22. The Kier molecular flexibility index (Phi) is 4.32. The summed E-state index contributed by atoms with van der Waals surface area (Å²) in [4.78, 5) is 0. The van der Waals surface area contributed by atoms with Gasteiger partial charge in [0.05, 0.1) is 0 Å². The van der Waals surface area contributed by atoms with Gasteiger partial charge < -0.3 is 16.2 Å². The lowest BCUT2D eigenvalue weighted by atomic mass is 9.86. The van der Waals surface area contributed by atoms with E-state index in [1.807, 2.05) is 12.2 Å². The van der Waals surface area contributed by atoms with Crippen LogP contribution in [0.5, 0.6) is 0 Å². The van der Waals surface area contributed by atoms with Gasteiger partial charge in [0, 0.05) is 6.54 Å². The van der Waals surface area contributed by atoms with Gasteiger partial charge in [0.1, 0.15) is 6.23 Å². The molecule has 0 aromatic heterocycles. The first-order valence-electron chi connectivity index (χ1n) is 5.19. The van der Waals surface area contributed by atoms with Crippen LogP contribution in [0.3, 0.4) is 0 Å². The summed E-state index contributed by atoms with van der Waals surface area (Å²) in [6.07, 6.45) is 5.26. The van der Waals surface area contributed by atoms with Gasteiger partial charge >= 0.3 is 0 Å². The first-order valence-corrected chi connectivity index (χ1v) is 5.19. The van der Waals surface area contributed by atoms with Crippen molar-refractivity contribution in [1.82, 2.24) is 5.32 Å². The Hall–Kier alpha value is -0.640. The zero-order valence-electron chi connectivity index (χ0n) is 8.90. The van der Waals surface area contributed by atoms with Crippen molar-refractivity contribution in [2.24, 2.45) is 17.6 Å². The quantitative estimate of drug-likeness (QED) is 0.578. The minimum atomic E-state index is -0.839. The molecule has 0 radical (unpaired) electrons. The molecule has 14 heavy (non-hydrogen) atoms. The minimum Gasteiger partial charge on any atom is -0.375 e. The lowest BCUT2D eigenvalue weighted by Crippen LogP contribution is -2.29. The van der Waals surface area contributed by atoms with Crippen LogP contribution in [-0.2, 0) is 0 Å². The van der Waals surface area contributed by atoms with Crippen LogP contribution >= 0.6 is 0 Å². The van der Waals surface area contributed by atoms with Crippen LogP contribution in [0.2, 0.25) is 0 Å². The van der Waals surface area contributed by atoms with Gasteiger partial charge in [-0.1, -0.05) is 32.1 Å². The highest BCUT2D eigenvalue weighted by molar-refractivity contribution is 5.27. The van der Waals surface area contributed by atoms with Crippen molar-refractivity contribution in [3.8, 4) is 0 Å².